The van der Waals surface area contributed by atoms with Crippen molar-refractivity contribution in [2.75, 3.05) is 19.6 Å². The summed E-state index contributed by atoms with van der Waals surface area (Å²) in [7, 11) is 0. The largest absolute Gasteiger partial charge is 0.489 e. The Labute approximate surface area is 174 Å². The van der Waals surface area contributed by atoms with Gasteiger partial charge >= 0.3 is 0 Å². The van der Waals surface area contributed by atoms with Gasteiger partial charge in [0.25, 0.3) is 0 Å². The molecule has 158 valence electrons. The molecule has 2 N–H and O–H groups in total. The van der Waals surface area contributed by atoms with Crippen molar-refractivity contribution in [3.05, 3.63) is 41.5 Å². The van der Waals surface area contributed by atoms with Gasteiger partial charge in [0.1, 0.15) is 23.5 Å². The van der Waals surface area contributed by atoms with Crippen molar-refractivity contribution >= 4 is 5.96 Å². The van der Waals surface area contributed by atoms with Gasteiger partial charge in [0, 0.05) is 32.5 Å². The molecule has 7 heteroatoms. The van der Waals surface area contributed by atoms with Gasteiger partial charge in [0.15, 0.2) is 5.96 Å². The predicted octanol–water partition coefficient (Wildman–Crippen LogP) is 2.88. The zero-order valence-electron chi connectivity index (χ0n) is 17.9. The van der Waals surface area contributed by atoms with Crippen molar-refractivity contribution in [3.63, 3.8) is 0 Å². The van der Waals surface area contributed by atoms with Gasteiger partial charge in [-0.25, -0.2) is 4.99 Å². The highest BCUT2D eigenvalue weighted by molar-refractivity contribution is 5.79. The van der Waals surface area contributed by atoms with Crippen molar-refractivity contribution in [2.24, 2.45) is 4.99 Å². The summed E-state index contributed by atoms with van der Waals surface area (Å²) in [5.74, 6) is 3.94. The number of guanidine groups is 1. The summed E-state index contributed by atoms with van der Waals surface area (Å²) in [4.78, 5) is 4.69. The third kappa shape index (κ3) is 6.21. The smallest absolute Gasteiger partial charge is 0.191 e. The van der Waals surface area contributed by atoms with Crippen LogP contribution in [-0.2, 0) is 19.4 Å². The van der Waals surface area contributed by atoms with E-state index in [1.807, 2.05) is 25.1 Å². The fraction of sp³-hybridized carbons (Fsp3) is 0.591. The second-order valence-electron chi connectivity index (χ2n) is 7.59. The van der Waals surface area contributed by atoms with Gasteiger partial charge in [-0.2, -0.15) is 0 Å². The van der Waals surface area contributed by atoms with Crippen molar-refractivity contribution in [3.8, 4) is 5.75 Å². The van der Waals surface area contributed by atoms with Crippen LogP contribution in [0.1, 0.15) is 50.3 Å². The van der Waals surface area contributed by atoms with Crippen LogP contribution in [-0.4, -0.2) is 46.5 Å². The average molecular weight is 399 g/mol. The average Bonchev–Trinajstić information content (AvgIpc) is 2.94. The number of aliphatic imine (C=N–C) groups is 1. The molecular weight excluding hydrogens is 364 g/mol. The van der Waals surface area contributed by atoms with Crippen molar-refractivity contribution in [1.29, 1.82) is 0 Å². The SMILES string of the molecule is CCNC(=NCC(C)Oc1ccccc1C)NCCc1nnc2n1CCCCC2. The van der Waals surface area contributed by atoms with Crippen LogP contribution in [0.4, 0.5) is 0 Å². The number of nitrogens with zero attached hydrogens (tertiary/aromatic N) is 4. The Bertz CT molecular complexity index is 800. The van der Waals surface area contributed by atoms with Crippen LogP contribution in [0, 0.1) is 6.92 Å². The van der Waals surface area contributed by atoms with Gasteiger partial charge < -0.3 is 19.9 Å². The van der Waals surface area contributed by atoms with E-state index >= 15 is 0 Å². The van der Waals surface area contributed by atoms with E-state index in [1.165, 1.54) is 19.3 Å². The summed E-state index contributed by atoms with van der Waals surface area (Å²) in [6, 6.07) is 8.07. The maximum atomic E-state index is 6.03. The van der Waals surface area contributed by atoms with Crippen LogP contribution >= 0.6 is 0 Å². The Kier molecular flexibility index (Phi) is 7.90. The number of fused-ring (bicyclic) bond motifs is 1. The van der Waals surface area contributed by atoms with E-state index in [9.17, 15) is 0 Å². The van der Waals surface area contributed by atoms with Gasteiger partial charge in [-0.15, -0.1) is 10.2 Å². The second-order valence-corrected chi connectivity index (χ2v) is 7.59. The molecule has 1 aliphatic heterocycles. The summed E-state index contributed by atoms with van der Waals surface area (Å²) < 4.78 is 8.33. The zero-order valence-corrected chi connectivity index (χ0v) is 17.9. The maximum absolute atomic E-state index is 6.03. The summed E-state index contributed by atoms with van der Waals surface area (Å²) in [6.07, 6.45) is 5.60. The lowest BCUT2D eigenvalue weighted by Crippen LogP contribution is -2.39. The minimum atomic E-state index is -0.00109. The number of para-hydroxylation sites is 1. The lowest BCUT2D eigenvalue weighted by molar-refractivity contribution is 0.228. The van der Waals surface area contributed by atoms with Crippen LogP contribution in [0.25, 0.3) is 0 Å². The molecule has 0 spiro atoms. The Balaban J connectivity index is 1.50. The van der Waals surface area contributed by atoms with Crippen LogP contribution in [0.2, 0.25) is 0 Å². The van der Waals surface area contributed by atoms with E-state index in [0.29, 0.717) is 6.54 Å². The summed E-state index contributed by atoms with van der Waals surface area (Å²) in [5.41, 5.74) is 1.14. The summed E-state index contributed by atoms with van der Waals surface area (Å²) in [5, 5.41) is 15.5. The second kappa shape index (κ2) is 10.8. The van der Waals surface area contributed by atoms with Gasteiger partial charge in [0.2, 0.25) is 0 Å². The standard InChI is InChI=1S/C22H34N6O/c1-4-23-22(25-16-18(3)29-19-11-8-7-10-17(19)2)24-14-13-21-27-26-20-12-6-5-9-15-28(20)21/h7-8,10-11,18H,4-6,9,12-16H2,1-3H3,(H2,23,24,25). The fourth-order valence-corrected chi connectivity index (χ4v) is 3.53. The molecule has 0 amide bonds. The lowest BCUT2D eigenvalue weighted by Gasteiger charge is -2.16. The third-order valence-electron chi connectivity index (χ3n) is 5.10. The van der Waals surface area contributed by atoms with E-state index in [2.05, 4.69) is 50.3 Å². The molecule has 1 aliphatic rings. The maximum Gasteiger partial charge on any atom is 0.191 e. The van der Waals surface area contributed by atoms with Gasteiger partial charge in [-0.05, 0) is 45.2 Å². The van der Waals surface area contributed by atoms with Crippen LogP contribution < -0.4 is 15.4 Å². The van der Waals surface area contributed by atoms with Crippen molar-refractivity contribution in [1.82, 2.24) is 25.4 Å². The van der Waals surface area contributed by atoms with Crippen molar-refractivity contribution in [2.45, 2.75) is 65.5 Å². The quantitative estimate of drug-likeness (QED) is 0.528. The first kappa shape index (κ1) is 21.1. The molecule has 0 radical (unpaired) electrons. The Morgan fingerprint density at radius 3 is 2.90 bits per heavy atom. The van der Waals surface area contributed by atoms with Gasteiger partial charge in [-0.1, -0.05) is 24.6 Å². The number of hydrogen-bond acceptors (Lipinski definition) is 4. The van der Waals surface area contributed by atoms with Gasteiger partial charge in [0.05, 0.1) is 6.54 Å². The Morgan fingerprint density at radius 2 is 2.07 bits per heavy atom. The van der Waals surface area contributed by atoms with Gasteiger partial charge in [-0.3, -0.25) is 0 Å². The topological polar surface area (TPSA) is 76.4 Å². The highest BCUT2D eigenvalue weighted by Crippen LogP contribution is 2.18. The summed E-state index contributed by atoms with van der Waals surface area (Å²) in [6.45, 7) is 9.40. The van der Waals surface area contributed by atoms with E-state index in [1.54, 1.807) is 0 Å². The van der Waals surface area contributed by atoms with Crippen LogP contribution in [0.5, 0.6) is 5.75 Å². The normalized spacial score (nSPS) is 15.3. The first-order chi connectivity index (χ1) is 14.2. The number of benzene rings is 1. The Hall–Kier alpha value is -2.57. The molecule has 2 heterocycles. The molecule has 3 rings (SSSR count). The number of nitrogens with one attached hydrogen (secondary N) is 2. The molecule has 1 aromatic heterocycles. The molecule has 0 saturated carbocycles. The molecule has 0 bridgehead atoms. The number of aryl methyl sites for hydroxylation is 2. The molecule has 0 aliphatic carbocycles. The third-order valence-corrected chi connectivity index (χ3v) is 5.10. The minimum absolute atomic E-state index is 0.00109. The first-order valence-corrected chi connectivity index (χ1v) is 10.8. The zero-order chi connectivity index (χ0) is 20.5. The highest BCUT2D eigenvalue weighted by Gasteiger charge is 2.14. The molecular formula is C22H34N6O. The molecule has 2 aromatic rings. The molecule has 0 saturated heterocycles. The van der Waals surface area contributed by atoms with E-state index in [4.69, 9.17) is 4.74 Å². The molecule has 1 unspecified atom stereocenters. The van der Waals surface area contributed by atoms with Crippen molar-refractivity contribution < 1.29 is 4.74 Å². The fourth-order valence-electron chi connectivity index (χ4n) is 3.53. The van der Waals surface area contributed by atoms with E-state index in [-0.39, 0.29) is 6.10 Å². The predicted molar refractivity (Wildman–Crippen MR) is 117 cm³/mol. The number of hydrogen-bond donors (Lipinski definition) is 2. The minimum Gasteiger partial charge on any atom is -0.489 e. The lowest BCUT2D eigenvalue weighted by atomic mass is 10.2. The Morgan fingerprint density at radius 1 is 1.21 bits per heavy atom. The number of rotatable bonds is 8. The molecule has 0 fully saturated rings. The number of aromatic nitrogens is 3. The molecule has 7 nitrogen and oxygen atoms in total. The number of ether oxygens (including phenoxy) is 1. The first-order valence-electron chi connectivity index (χ1n) is 10.8. The van der Waals surface area contributed by atoms with Crippen LogP contribution in [0.3, 0.4) is 0 Å². The molecule has 1 atom stereocenters. The summed E-state index contributed by atoms with van der Waals surface area (Å²) >= 11 is 0. The van der Waals surface area contributed by atoms with Crippen LogP contribution in [0.15, 0.2) is 29.3 Å². The molecule has 29 heavy (non-hydrogen) atoms. The van der Waals surface area contributed by atoms with E-state index < -0.39 is 0 Å². The van der Waals surface area contributed by atoms with E-state index in [0.717, 1.165) is 61.4 Å². The monoisotopic (exact) mass is 398 g/mol. The molecule has 1 aromatic carbocycles. The highest BCUT2D eigenvalue weighted by atomic mass is 16.5.